The fourth-order valence-electron chi connectivity index (χ4n) is 2.18. The highest BCUT2D eigenvalue weighted by atomic mass is 127. The van der Waals surface area contributed by atoms with E-state index in [2.05, 4.69) is 20.6 Å². The first kappa shape index (κ1) is 23.5. The van der Waals surface area contributed by atoms with Crippen molar-refractivity contribution in [3.05, 3.63) is 45.9 Å². The maximum absolute atomic E-state index is 12.9. The molecule has 0 aliphatic heterocycles. The van der Waals surface area contributed by atoms with Gasteiger partial charge in [-0.1, -0.05) is 12.1 Å². The molecule has 0 saturated carbocycles. The number of hydrogen-bond donors (Lipinski definition) is 2. The van der Waals surface area contributed by atoms with Gasteiger partial charge in [0.25, 0.3) is 0 Å². The molecule has 2 N–H and O–H groups in total. The molecule has 0 atom stereocenters. The first-order valence-electron chi connectivity index (χ1n) is 8.05. The van der Waals surface area contributed by atoms with Gasteiger partial charge in [-0.05, 0) is 19.1 Å². The highest BCUT2D eigenvalue weighted by Crippen LogP contribution is 2.35. The standard InChI is InChI=1S/C17H21F3N4OS.HI/c1-12-11-24-15(26-12)7-8-22-16(21-2)23-9-10-25-14-6-4-3-5-13(14)17(18,19)20;/h3-6,11H,7-10H2,1-2H3,(H2,21,22,23);1H. The van der Waals surface area contributed by atoms with Crippen LogP contribution in [0.2, 0.25) is 0 Å². The largest absolute Gasteiger partial charge is 0.491 e. The molecule has 0 aliphatic carbocycles. The van der Waals surface area contributed by atoms with Gasteiger partial charge in [0.1, 0.15) is 12.4 Å². The lowest BCUT2D eigenvalue weighted by Crippen LogP contribution is -2.40. The third kappa shape index (κ3) is 7.91. The van der Waals surface area contributed by atoms with Gasteiger partial charge in [0.2, 0.25) is 0 Å². The Morgan fingerprint density at radius 1 is 1.22 bits per heavy atom. The van der Waals surface area contributed by atoms with Gasteiger partial charge in [0, 0.05) is 31.1 Å². The van der Waals surface area contributed by atoms with E-state index in [1.54, 1.807) is 18.4 Å². The van der Waals surface area contributed by atoms with Gasteiger partial charge in [-0.3, -0.25) is 4.99 Å². The highest BCUT2D eigenvalue weighted by molar-refractivity contribution is 14.0. The van der Waals surface area contributed by atoms with E-state index >= 15 is 0 Å². The smallest absolute Gasteiger partial charge is 0.419 e. The number of aromatic nitrogens is 1. The minimum Gasteiger partial charge on any atom is -0.491 e. The summed E-state index contributed by atoms with van der Waals surface area (Å²) in [5.74, 6) is 0.384. The summed E-state index contributed by atoms with van der Waals surface area (Å²) in [6.45, 7) is 3.07. The van der Waals surface area contributed by atoms with E-state index in [-0.39, 0.29) is 36.3 Å². The molecule has 2 aromatic rings. The second kappa shape index (κ2) is 11.3. The minimum atomic E-state index is -4.43. The molecule has 150 valence electrons. The van der Waals surface area contributed by atoms with E-state index in [9.17, 15) is 13.2 Å². The van der Waals surface area contributed by atoms with E-state index in [0.29, 0.717) is 19.0 Å². The Bertz CT molecular complexity index is 737. The molecule has 0 saturated heterocycles. The Kier molecular flexibility index (Phi) is 9.84. The van der Waals surface area contributed by atoms with Gasteiger partial charge in [-0.2, -0.15) is 13.2 Å². The Morgan fingerprint density at radius 2 is 1.93 bits per heavy atom. The van der Waals surface area contributed by atoms with Crippen LogP contribution in [0.1, 0.15) is 15.4 Å². The van der Waals surface area contributed by atoms with E-state index in [1.165, 1.54) is 23.1 Å². The monoisotopic (exact) mass is 514 g/mol. The number of ether oxygens (including phenoxy) is 1. The van der Waals surface area contributed by atoms with Crippen LogP contribution in [0.5, 0.6) is 5.75 Å². The summed E-state index contributed by atoms with van der Waals surface area (Å²) in [5.41, 5.74) is -0.777. The molecular formula is C17H22F3IN4OS. The lowest BCUT2D eigenvalue weighted by molar-refractivity contribution is -0.138. The molecule has 1 heterocycles. The van der Waals surface area contributed by atoms with E-state index in [1.807, 2.05) is 13.1 Å². The third-order valence-electron chi connectivity index (χ3n) is 3.37. The number of aliphatic imine (C=N–C) groups is 1. The first-order valence-corrected chi connectivity index (χ1v) is 8.86. The molecule has 1 aromatic carbocycles. The van der Waals surface area contributed by atoms with E-state index in [4.69, 9.17) is 4.74 Å². The lowest BCUT2D eigenvalue weighted by atomic mass is 10.2. The van der Waals surface area contributed by atoms with Crippen LogP contribution in [0.3, 0.4) is 0 Å². The van der Waals surface area contributed by atoms with Crippen molar-refractivity contribution in [2.75, 3.05) is 26.7 Å². The Labute approximate surface area is 177 Å². The number of hydrogen-bond acceptors (Lipinski definition) is 4. The van der Waals surface area contributed by atoms with Crippen molar-refractivity contribution < 1.29 is 17.9 Å². The van der Waals surface area contributed by atoms with Crippen LogP contribution < -0.4 is 15.4 Å². The van der Waals surface area contributed by atoms with Crippen LogP contribution in [0.25, 0.3) is 0 Å². The second-order valence-electron chi connectivity index (χ2n) is 5.38. The number of aryl methyl sites for hydroxylation is 1. The molecule has 10 heteroatoms. The second-order valence-corrected chi connectivity index (χ2v) is 6.70. The lowest BCUT2D eigenvalue weighted by Gasteiger charge is -2.15. The molecule has 0 amide bonds. The number of nitrogens with zero attached hydrogens (tertiary/aromatic N) is 2. The van der Waals surface area contributed by atoms with Crippen molar-refractivity contribution in [3.63, 3.8) is 0 Å². The van der Waals surface area contributed by atoms with E-state index < -0.39 is 11.7 Å². The van der Waals surface area contributed by atoms with E-state index in [0.717, 1.165) is 17.5 Å². The zero-order valence-corrected chi connectivity index (χ0v) is 18.1. The average molecular weight is 514 g/mol. The molecule has 0 bridgehead atoms. The number of thiazole rings is 1. The van der Waals surface area contributed by atoms with Crippen molar-refractivity contribution in [1.82, 2.24) is 15.6 Å². The number of benzene rings is 1. The summed E-state index contributed by atoms with van der Waals surface area (Å²) in [5, 5.41) is 7.18. The predicted octanol–water partition coefficient (Wildman–Crippen LogP) is 3.87. The normalized spacial score (nSPS) is 11.7. The maximum atomic E-state index is 12.9. The molecule has 5 nitrogen and oxygen atoms in total. The minimum absolute atomic E-state index is 0. The number of halogens is 4. The van der Waals surface area contributed by atoms with Crippen LogP contribution in [0.15, 0.2) is 35.5 Å². The van der Waals surface area contributed by atoms with Crippen molar-refractivity contribution >= 4 is 41.3 Å². The Balaban J connectivity index is 0.00000364. The summed E-state index contributed by atoms with van der Waals surface area (Å²) < 4.78 is 43.9. The summed E-state index contributed by atoms with van der Waals surface area (Å²) in [6, 6.07) is 5.16. The molecular weight excluding hydrogens is 492 g/mol. The maximum Gasteiger partial charge on any atom is 0.419 e. The van der Waals surface area contributed by atoms with Crippen LogP contribution >= 0.6 is 35.3 Å². The molecule has 0 spiro atoms. The third-order valence-corrected chi connectivity index (χ3v) is 4.34. The predicted molar refractivity (Wildman–Crippen MR) is 112 cm³/mol. The van der Waals surface area contributed by atoms with Gasteiger partial charge in [0.15, 0.2) is 5.96 Å². The summed E-state index contributed by atoms with van der Waals surface area (Å²) >= 11 is 1.65. The SMILES string of the molecule is CN=C(NCCOc1ccccc1C(F)(F)F)NCCc1ncc(C)s1.I. The summed E-state index contributed by atoms with van der Waals surface area (Å²) in [4.78, 5) is 9.52. The van der Waals surface area contributed by atoms with Gasteiger partial charge >= 0.3 is 6.18 Å². The molecule has 27 heavy (non-hydrogen) atoms. The quantitative estimate of drug-likeness (QED) is 0.255. The number of alkyl halides is 3. The van der Waals surface area contributed by atoms with Gasteiger partial charge in [-0.15, -0.1) is 35.3 Å². The van der Waals surface area contributed by atoms with Crippen LogP contribution in [0, 0.1) is 6.92 Å². The number of guanidine groups is 1. The molecule has 2 rings (SSSR count). The molecule has 0 fully saturated rings. The number of rotatable bonds is 7. The zero-order valence-electron chi connectivity index (χ0n) is 15.0. The Morgan fingerprint density at radius 3 is 2.56 bits per heavy atom. The summed E-state index contributed by atoms with van der Waals surface area (Å²) in [6.07, 6.45) is -1.83. The van der Waals surface area contributed by atoms with Crippen molar-refractivity contribution in [2.24, 2.45) is 4.99 Å². The highest BCUT2D eigenvalue weighted by Gasteiger charge is 2.33. The van der Waals surface area contributed by atoms with Gasteiger partial charge < -0.3 is 15.4 Å². The summed E-state index contributed by atoms with van der Waals surface area (Å²) in [7, 11) is 1.63. The molecule has 0 aliphatic rings. The Hall–Kier alpha value is -1.56. The molecule has 0 unspecified atom stereocenters. The van der Waals surface area contributed by atoms with Crippen molar-refractivity contribution in [1.29, 1.82) is 0 Å². The van der Waals surface area contributed by atoms with Crippen molar-refractivity contribution in [2.45, 2.75) is 19.5 Å². The van der Waals surface area contributed by atoms with Crippen LogP contribution in [0.4, 0.5) is 13.2 Å². The van der Waals surface area contributed by atoms with Crippen LogP contribution in [-0.4, -0.2) is 37.7 Å². The van der Waals surface area contributed by atoms with Gasteiger partial charge in [0.05, 0.1) is 17.1 Å². The van der Waals surface area contributed by atoms with Crippen molar-refractivity contribution in [3.8, 4) is 5.75 Å². The number of nitrogens with one attached hydrogen (secondary N) is 2. The first-order chi connectivity index (χ1) is 12.4. The zero-order chi connectivity index (χ0) is 19.0. The van der Waals surface area contributed by atoms with Gasteiger partial charge in [-0.25, -0.2) is 4.98 Å². The fraction of sp³-hybridized carbons (Fsp3) is 0.412. The molecule has 1 aromatic heterocycles. The average Bonchev–Trinajstić information content (AvgIpc) is 3.01. The number of para-hydroxylation sites is 1. The fourth-order valence-corrected chi connectivity index (χ4v) is 2.97. The topological polar surface area (TPSA) is 58.5 Å². The molecule has 0 radical (unpaired) electrons. The van der Waals surface area contributed by atoms with Crippen LogP contribution in [-0.2, 0) is 12.6 Å².